The Hall–Kier alpha value is -2.48. The first-order valence-electron chi connectivity index (χ1n) is 10.8. The Bertz CT molecular complexity index is 869. The van der Waals surface area contributed by atoms with Gasteiger partial charge in [-0.05, 0) is 68.1 Å². The molecule has 0 aliphatic heterocycles. The zero-order chi connectivity index (χ0) is 20.9. The largest absolute Gasteiger partial charge is 0.481 e. The number of benzene rings is 1. The van der Waals surface area contributed by atoms with Crippen LogP contribution in [0.15, 0.2) is 24.3 Å². The van der Waals surface area contributed by atoms with E-state index >= 15 is 0 Å². The number of aliphatic carboxylic acids is 1. The Labute approximate surface area is 180 Å². The SMILES string of the molecule is O=C(O)C[C@H]1CC[C@H](c2ccc(C(=O)Nc3nnc(NC4CCCC4)s3)cc2)CC1. The van der Waals surface area contributed by atoms with Crippen molar-refractivity contribution in [3.05, 3.63) is 35.4 Å². The summed E-state index contributed by atoms with van der Waals surface area (Å²) in [7, 11) is 0. The first-order chi connectivity index (χ1) is 14.6. The predicted molar refractivity (Wildman–Crippen MR) is 117 cm³/mol. The van der Waals surface area contributed by atoms with Crippen molar-refractivity contribution < 1.29 is 14.7 Å². The molecule has 0 bridgehead atoms. The Morgan fingerprint density at radius 3 is 2.30 bits per heavy atom. The molecule has 1 aromatic heterocycles. The normalized spacial score (nSPS) is 22.0. The number of carboxylic acids is 1. The second-order valence-electron chi connectivity index (χ2n) is 8.43. The third-order valence-electron chi connectivity index (χ3n) is 6.28. The number of rotatable bonds is 7. The summed E-state index contributed by atoms with van der Waals surface area (Å²) in [6, 6.07) is 8.21. The Morgan fingerprint density at radius 2 is 1.63 bits per heavy atom. The van der Waals surface area contributed by atoms with Crippen molar-refractivity contribution >= 4 is 33.5 Å². The van der Waals surface area contributed by atoms with Gasteiger partial charge in [0.2, 0.25) is 10.3 Å². The van der Waals surface area contributed by atoms with E-state index in [9.17, 15) is 9.59 Å². The third-order valence-corrected chi connectivity index (χ3v) is 7.05. The van der Waals surface area contributed by atoms with Crippen LogP contribution in [0.25, 0.3) is 0 Å². The highest BCUT2D eigenvalue weighted by Gasteiger charge is 2.24. The fourth-order valence-electron chi connectivity index (χ4n) is 4.60. The van der Waals surface area contributed by atoms with Crippen LogP contribution in [-0.2, 0) is 4.79 Å². The van der Waals surface area contributed by atoms with Gasteiger partial charge in [-0.2, -0.15) is 0 Å². The van der Waals surface area contributed by atoms with Gasteiger partial charge in [-0.3, -0.25) is 14.9 Å². The van der Waals surface area contributed by atoms with Gasteiger partial charge in [0.25, 0.3) is 5.91 Å². The van der Waals surface area contributed by atoms with Gasteiger partial charge in [-0.15, -0.1) is 10.2 Å². The lowest BCUT2D eigenvalue weighted by Crippen LogP contribution is -2.16. The Balaban J connectivity index is 1.29. The highest BCUT2D eigenvalue weighted by Crippen LogP contribution is 2.37. The van der Waals surface area contributed by atoms with Gasteiger partial charge < -0.3 is 10.4 Å². The molecule has 1 heterocycles. The smallest absolute Gasteiger partial charge is 0.303 e. The average molecular weight is 429 g/mol. The molecule has 8 heteroatoms. The summed E-state index contributed by atoms with van der Waals surface area (Å²) in [5, 5.41) is 24.6. The van der Waals surface area contributed by atoms with Gasteiger partial charge in [0.05, 0.1) is 0 Å². The zero-order valence-electron chi connectivity index (χ0n) is 17.0. The van der Waals surface area contributed by atoms with E-state index in [4.69, 9.17) is 5.11 Å². The van der Waals surface area contributed by atoms with Crippen LogP contribution in [0.1, 0.15) is 79.6 Å². The molecule has 1 aromatic carbocycles. The van der Waals surface area contributed by atoms with E-state index in [1.165, 1.54) is 29.7 Å². The molecule has 3 N–H and O–H groups in total. The van der Waals surface area contributed by atoms with Gasteiger partial charge in [-0.1, -0.05) is 36.3 Å². The molecular weight excluding hydrogens is 400 g/mol. The van der Waals surface area contributed by atoms with E-state index in [0.29, 0.717) is 28.6 Å². The predicted octanol–water partition coefficient (Wildman–Crippen LogP) is 4.89. The number of nitrogens with one attached hydrogen (secondary N) is 2. The number of aromatic nitrogens is 2. The number of anilines is 2. The lowest BCUT2D eigenvalue weighted by molar-refractivity contribution is -0.138. The molecule has 0 radical (unpaired) electrons. The first-order valence-corrected chi connectivity index (χ1v) is 11.6. The lowest BCUT2D eigenvalue weighted by Gasteiger charge is -2.28. The van der Waals surface area contributed by atoms with E-state index in [1.807, 2.05) is 24.3 Å². The van der Waals surface area contributed by atoms with Crippen LogP contribution in [0.5, 0.6) is 0 Å². The first kappa shape index (κ1) is 20.8. The number of hydrogen-bond acceptors (Lipinski definition) is 6. The van der Waals surface area contributed by atoms with Gasteiger partial charge in [0.1, 0.15) is 0 Å². The number of carbonyl (C=O) groups excluding carboxylic acids is 1. The van der Waals surface area contributed by atoms with Crippen molar-refractivity contribution in [3.63, 3.8) is 0 Å². The fourth-order valence-corrected chi connectivity index (χ4v) is 5.32. The molecule has 2 aliphatic rings. The summed E-state index contributed by atoms with van der Waals surface area (Å²) >= 11 is 1.37. The second kappa shape index (κ2) is 9.55. The van der Waals surface area contributed by atoms with Gasteiger partial charge in [0.15, 0.2) is 0 Å². The minimum atomic E-state index is -0.703. The molecule has 2 fully saturated rings. The number of hydrogen-bond donors (Lipinski definition) is 3. The highest BCUT2D eigenvalue weighted by atomic mass is 32.1. The molecule has 2 saturated carbocycles. The summed E-state index contributed by atoms with van der Waals surface area (Å²) in [5.41, 5.74) is 1.82. The molecule has 0 saturated heterocycles. The van der Waals surface area contributed by atoms with Gasteiger partial charge in [0, 0.05) is 18.0 Å². The topological polar surface area (TPSA) is 104 Å². The quantitative estimate of drug-likeness (QED) is 0.580. The van der Waals surface area contributed by atoms with Crippen molar-refractivity contribution in [3.8, 4) is 0 Å². The zero-order valence-corrected chi connectivity index (χ0v) is 17.8. The summed E-state index contributed by atoms with van der Waals surface area (Å²) < 4.78 is 0. The maximum Gasteiger partial charge on any atom is 0.303 e. The van der Waals surface area contributed by atoms with Gasteiger partial charge in [-0.25, -0.2) is 0 Å². The average Bonchev–Trinajstić information content (AvgIpc) is 3.41. The molecule has 0 unspecified atom stereocenters. The number of carbonyl (C=O) groups is 2. The number of carboxylic acid groups (broad SMARTS) is 1. The maximum absolute atomic E-state index is 12.6. The van der Waals surface area contributed by atoms with Crippen LogP contribution < -0.4 is 10.6 Å². The third kappa shape index (κ3) is 5.36. The fraction of sp³-hybridized carbons (Fsp3) is 0.545. The molecule has 0 spiro atoms. The molecule has 30 heavy (non-hydrogen) atoms. The van der Waals surface area contributed by atoms with Gasteiger partial charge >= 0.3 is 5.97 Å². The van der Waals surface area contributed by atoms with Crippen molar-refractivity contribution in [2.24, 2.45) is 5.92 Å². The summed E-state index contributed by atoms with van der Waals surface area (Å²) in [4.78, 5) is 23.4. The van der Waals surface area contributed by atoms with Crippen molar-refractivity contribution in [1.82, 2.24) is 10.2 Å². The van der Waals surface area contributed by atoms with E-state index in [-0.39, 0.29) is 12.3 Å². The standard InChI is InChI=1S/C22H28N4O3S/c27-19(28)13-14-5-7-15(8-6-14)16-9-11-17(12-10-16)20(29)24-22-26-25-21(30-22)23-18-3-1-2-4-18/h9-12,14-15,18H,1-8,13H2,(H,23,25)(H,27,28)(H,24,26,29)/t14-,15-. The van der Waals surface area contributed by atoms with Crippen molar-refractivity contribution in [2.75, 3.05) is 10.6 Å². The van der Waals surface area contributed by atoms with Crippen LogP contribution in [0.4, 0.5) is 10.3 Å². The van der Waals surface area contributed by atoms with E-state index in [0.717, 1.165) is 43.7 Å². The Kier molecular flexibility index (Phi) is 6.62. The van der Waals surface area contributed by atoms with Crippen LogP contribution in [0, 0.1) is 5.92 Å². The molecule has 2 aliphatic carbocycles. The molecular formula is C22H28N4O3S. The molecule has 7 nitrogen and oxygen atoms in total. The minimum Gasteiger partial charge on any atom is -0.481 e. The molecule has 0 atom stereocenters. The van der Waals surface area contributed by atoms with E-state index in [2.05, 4.69) is 20.8 Å². The maximum atomic E-state index is 12.6. The van der Waals surface area contributed by atoms with Crippen molar-refractivity contribution in [2.45, 2.75) is 69.7 Å². The van der Waals surface area contributed by atoms with E-state index in [1.54, 1.807) is 0 Å². The minimum absolute atomic E-state index is 0.185. The molecule has 1 amide bonds. The summed E-state index contributed by atoms with van der Waals surface area (Å²) in [5.74, 6) is -0.149. The monoisotopic (exact) mass is 428 g/mol. The highest BCUT2D eigenvalue weighted by molar-refractivity contribution is 7.19. The van der Waals surface area contributed by atoms with Crippen LogP contribution >= 0.6 is 11.3 Å². The summed E-state index contributed by atoms with van der Waals surface area (Å²) in [6.07, 6.45) is 9.01. The van der Waals surface area contributed by atoms with E-state index < -0.39 is 5.97 Å². The molecule has 2 aromatic rings. The lowest BCUT2D eigenvalue weighted by atomic mass is 9.77. The van der Waals surface area contributed by atoms with Crippen molar-refractivity contribution in [1.29, 1.82) is 0 Å². The summed E-state index contributed by atoms with van der Waals surface area (Å²) in [6.45, 7) is 0. The molecule has 4 rings (SSSR count). The second-order valence-corrected chi connectivity index (χ2v) is 9.41. The van der Waals surface area contributed by atoms with Crippen LogP contribution in [-0.4, -0.2) is 33.2 Å². The molecule has 160 valence electrons. The van der Waals surface area contributed by atoms with Crippen LogP contribution in [0.2, 0.25) is 0 Å². The number of nitrogens with zero attached hydrogens (tertiary/aromatic N) is 2. The van der Waals surface area contributed by atoms with Crippen LogP contribution in [0.3, 0.4) is 0 Å². The number of amides is 1. The Morgan fingerprint density at radius 1 is 0.967 bits per heavy atom.